The van der Waals surface area contributed by atoms with Gasteiger partial charge in [0.2, 0.25) is 10.0 Å². The van der Waals surface area contributed by atoms with E-state index in [1.165, 1.54) is 10.4 Å². The fourth-order valence-corrected chi connectivity index (χ4v) is 4.62. The van der Waals surface area contributed by atoms with E-state index in [-0.39, 0.29) is 11.7 Å². The number of anilines is 2. The summed E-state index contributed by atoms with van der Waals surface area (Å²) >= 11 is 6.20. The van der Waals surface area contributed by atoms with Gasteiger partial charge in [0.25, 0.3) is 5.91 Å². The molecule has 0 aliphatic carbocycles. The summed E-state index contributed by atoms with van der Waals surface area (Å²) in [6, 6.07) is 8.25. The summed E-state index contributed by atoms with van der Waals surface area (Å²) in [6.45, 7) is 2.21. The summed E-state index contributed by atoms with van der Waals surface area (Å²) in [4.78, 5) is 16.6. The fraction of sp³-hybridized carbons (Fsp3) is 0.294. The average molecular weight is 380 g/mol. The van der Waals surface area contributed by atoms with Gasteiger partial charge in [0, 0.05) is 18.3 Å². The molecule has 25 heavy (non-hydrogen) atoms. The molecule has 6 nitrogen and oxygen atoms in total. The van der Waals surface area contributed by atoms with Crippen LogP contribution in [-0.2, 0) is 10.0 Å². The van der Waals surface area contributed by atoms with Crippen LogP contribution in [0.15, 0.2) is 36.5 Å². The van der Waals surface area contributed by atoms with Crippen molar-refractivity contribution in [3.05, 3.63) is 52.7 Å². The summed E-state index contributed by atoms with van der Waals surface area (Å²) in [5.74, 6) is 0.191. The molecule has 1 amide bonds. The molecule has 132 valence electrons. The topological polar surface area (TPSA) is 79.4 Å². The van der Waals surface area contributed by atoms with Crippen LogP contribution in [0.3, 0.4) is 0 Å². The van der Waals surface area contributed by atoms with Crippen molar-refractivity contribution in [3.63, 3.8) is 0 Å². The zero-order valence-electron chi connectivity index (χ0n) is 13.7. The lowest BCUT2D eigenvalue weighted by atomic mass is 10.1. The van der Waals surface area contributed by atoms with E-state index >= 15 is 0 Å². The Morgan fingerprint density at radius 2 is 2.08 bits per heavy atom. The third kappa shape index (κ3) is 3.77. The molecule has 0 radical (unpaired) electrons. The van der Waals surface area contributed by atoms with Crippen LogP contribution in [-0.4, -0.2) is 31.6 Å². The number of nitrogens with one attached hydrogen (secondary N) is 1. The Morgan fingerprint density at radius 1 is 1.28 bits per heavy atom. The van der Waals surface area contributed by atoms with Crippen molar-refractivity contribution in [1.29, 1.82) is 0 Å². The van der Waals surface area contributed by atoms with Gasteiger partial charge in [-0.2, -0.15) is 0 Å². The highest BCUT2D eigenvalue weighted by molar-refractivity contribution is 7.92. The van der Waals surface area contributed by atoms with Crippen molar-refractivity contribution in [3.8, 4) is 0 Å². The molecule has 8 heteroatoms. The number of hydrogen-bond acceptors (Lipinski definition) is 4. The fourth-order valence-electron chi connectivity index (χ4n) is 2.70. The molecule has 3 rings (SSSR count). The van der Waals surface area contributed by atoms with E-state index in [1.807, 2.05) is 13.0 Å². The lowest BCUT2D eigenvalue weighted by molar-refractivity contribution is 0.102. The number of halogens is 1. The predicted octanol–water partition coefficient (Wildman–Crippen LogP) is 3.23. The maximum absolute atomic E-state index is 12.5. The van der Waals surface area contributed by atoms with Gasteiger partial charge in [-0.25, -0.2) is 13.4 Å². The Balaban J connectivity index is 1.91. The second-order valence-corrected chi connectivity index (χ2v) is 8.30. The molecular formula is C17H18ClN3O3S. The summed E-state index contributed by atoms with van der Waals surface area (Å²) in [7, 11) is -3.40. The maximum atomic E-state index is 12.5. The third-order valence-corrected chi connectivity index (χ3v) is 6.24. The lowest BCUT2D eigenvalue weighted by Crippen LogP contribution is -2.38. The van der Waals surface area contributed by atoms with Crippen molar-refractivity contribution in [2.45, 2.75) is 19.8 Å². The first-order chi connectivity index (χ1) is 11.9. The van der Waals surface area contributed by atoms with E-state index in [4.69, 9.17) is 11.6 Å². The summed E-state index contributed by atoms with van der Waals surface area (Å²) in [6.07, 6.45) is 2.99. The molecule has 0 saturated carbocycles. The molecule has 2 heterocycles. The van der Waals surface area contributed by atoms with E-state index in [0.717, 1.165) is 12.0 Å². The summed E-state index contributed by atoms with van der Waals surface area (Å²) < 4.78 is 25.9. The summed E-state index contributed by atoms with van der Waals surface area (Å²) in [5.41, 5.74) is 1.50. The van der Waals surface area contributed by atoms with Crippen LogP contribution in [0.2, 0.25) is 5.02 Å². The van der Waals surface area contributed by atoms with Crippen LogP contribution in [0.25, 0.3) is 0 Å². The van der Waals surface area contributed by atoms with Crippen LogP contribution in [0.4, 0.5) is 11.5 Å². The van der Waals surface area contributed by atoms with Crippen LogP contribution < -0.4 is 9.62 Å². The first-order valence-corrected chi connectivity index (χ1v) is 9.90. The maximum Gasteiger partial charge on any atom is 0.256 e. The van der Waals surface area contributed by atoms with E-state index in [2.05, 4.69) is 10.3 Å². The van der Waals surface area contributed by atoms with Crippen molar-refractivity contribution in [1.82, 2.24) is 4.98 Å². The highest BCUT2D eigenvalue weighted by atomic mass is 35.5. The number of pyridine rings is 1. The van der Waals surface area contributed by atoms with Gasteiger partial charge in [-0.3, -0.25) is 9.10 Å². The van der Waals surface area contributed by atoms with E-state index in [1.54, 1.807) is 24.4 Å². The Bertz CT molecular complexity index is 915. The number of carbonyl (C=O) groups excluding carboxylic acids is 1. The number of aromatic nitrogens is 1. The Hall–Kier alpha value is -2.12. The molecular weight excluding hydrogens is 362 g/mol. The van der Waals surface area contributed by atoms with Crippen LogP contribution in [0.1, 0.15) is 28.8 Å². The Morgan fingerprint density at radius 3 is 2.80 bits per heavy atom. The van der Waals surface area contributed by atoms with Crippen molar-refractivity contribution in [2.24, 2.45) is 0 Å². The number of nitrogens with zero attached hydrogens (tertiary/aromatic N) is 2. The molecule has 0 unspecified atom stereocenters. The SMILES string of the molecule is Cc1cccnc1NC(=O)c1ccc(Cl)c(N2CCCCS2(=O)=O)c1. The molecule has 1 aromatic heterocycles. The van der Waals surface area contributed by atoms with Crippen molar-refractivity contribution < 1.29 is 13.2 Å². The molecule has 1 aliphatic rings. The average Bonchev–Trinajstić information content (AvgIpc) is 2.57. The zero-order valence-corrected chi connectivity index (χ0v) is 15.3. The molecule has 1 saturated heterocycles. The normalized spacial score (nSPS) is 16.5. The predicted molar refractivity (Wildman–Crippen MR) is 98.7 cm³/mol. The van der Waals surface area contributed by atoms with Gasteiger partial charge in [-0.15, -0.1) is 0 Å². The van der Waals surface area contributed by atoms with Gasteiger partial charge in [-0.1, -0.05) is 17.7 Å². The molecule has 1 aromatic carbocycles. The number of aryl methyl sites for hydroxylation is 1. The van der Waals surface area contributed by atoms with E-state index in [9.17, 15) is 13.2 Å². The van der Waals surface area contributed by atoms with Crippen LogP contribution in [0, 0.1) is 6.92 Å². The molecule has 1 N–H and O–H groups in total. The monoisotopic (exact) mass is 379 g/mol. The second-order valence-electron chi connectivity index (χ2n) is 5.88. The Kier molecular flexibility index (Phi) is 4.96. The minimum atomic E-state index is -3.40. The number of hydrogen-bond donors (Lipinski definition) is 1. The van der Waals surface area contributed by atoms with Crippen molar-refractivity contribution >= 4 is 39.0 Å². The van der Waals surface area contributed by atoms with Crippen LogP contribution >= 0.6 is 11.6 Å². The van der Waals surface area contributed by atoms with E-state index < -0.39 is 10.0 Å². The van der Waals surface area contributed by atoms with Crippen molar-refractivity contribution in [2.75, 3.05) is 21.9 Å². The standard InChI is InChI=1S/C17H18ClN3O3S/c1-12-5-4-8-19-16(12)20-17(22)13-6-7-14(18)15(11-13)21-9-2-3-10-25(21,23)24/h4-8,11H,2-3,9-10H2,1H3,(H,19,20,22). The molecule has 0 spiro atoms. The highest BCUT2D eigenvalue weighted by Gasteiger charge is 2.28. The number of benzene rings is 1. The second kappa shape index (κ2) is 7.01. The quantitative estimate of drug-likeness (QED) is 0.887. The van der Waals surface area contributed by atoms with Gasteiger partial charge in [0.15, 0.2) is 0 Å². The largest absolute Gasteiger partial charge is 0.306 e. The van der Waals surface area contributed by atoms with Gasteiger partial charge < -0.3 is 5.32 Å². The third-order valence-electron chi connectivity index (χ3n) is 4.07. The summed E-state index contributed by atoms with van der Waals surface area (Å²) in [5, 5.41) is 3.04. The van der Waals surface area contributed by atoms with Crippen LogP contribution in [0.5, 0.6) is 0 Å². The highest BCUT2D eigenvalue weighted by Crippen LogP contribution is 2.31. The number of sulfonamides is 1. The zero-order chi connectivity index (χ0) is 18.0. The molecule has 0 bridgehead atoms. The number of rotatable bonds is 3. The minimum Gasteiger partial charge on any atom is -0.306 e. The Labute approximate surface area is 151 Å². The van der Waals surface area contributed by atoms with E-state index in [0.29, 0.717) is 35.1 Å². The first kappa shape index (κ1) is 17.7. The van der Waals surface area contributed by atoms with Gasteiger partial charge in [0.05, 0.1) is 16.5 Å². The van der Waals surface area contributed by atoms with Gasteiger partial charge >= 0.3 is 0 Å². The smallest absolute Gasteiger partial charge is 0.256 e. The van der Waals surface area contributed by atoms with Gasteiger partial charge in [-0.05, 0) is 49.6 Å². The molecule has 0 atom stereocenters. The number of amides is 1. The number of carbonyl (C=O) groups is 1. The molecule has 1 fully saturated rings. The molecule has 1 aliphatic heterocycles. The van der Waals surface area contributed by atoms with Gasteiger partial charge in [0.1, 0.15) is 5.82 Å². The molecule has 2 aromatic rings. The minimum absolute atomic E-state index is 0.0902. The first-order valence-electron chi connectivity index (χ1n) is 7.91. The lowest BCUT2D eigenvalue weighted by Gasteiger charge is -2.29.